The van der Waals surface area contributed by atoms with Crippen LogP contribution in [-0.2, 0) is 16.8 Å². The van der Waals surface area contributed by atoms with E-state index in [0.717, 1.165) is 23.0 Å². The molecule has 5 nitrogen and oxygen atoms in total. The highest BCUT2D eigenvalue weighted by Gasteiger charge is 2.28. The van der Waals surface area contributed by atoms with E-state index in [4.69, 9.17) is 0 Å². The van der Waals surface area contributed by atoms with Gasteiger partial charge in [-0.3, -0.25) is 9.36 Å². The summed E-state index contributed by atoms with van der Waals surface area (Å²) in [6, 6.07) is 8.76. The molecule has 1 aliphatic rings. The van der Waals surface area contributed by atoms with Gasteiger partial charge >= 0.3 is 0 Å². The second-order valence-electron chi connectivity index (χ2n) is 9.76. The van der Waals surface area contributed by atoms with Crippen molar-refractivity contribution < 1.29 is 4.79 Å². The predicted octanol–water partition coefficient (Wildman–Crippen LogP) is 5.46. The average Bonchev–Trinajstić information content (AvgIpc) is 3.12. The minimum atomic E-state index is 0.0696. The Morgan fingerprint density at radius 2 is 1.94 bits per heavy atom. The number of hydrogen-bond donors (Lipinski definition) is 1. The van der Waals surface area contributed by atoms with Crippen LogP contribution in [0.4, 0.5) is 0 Å². The Morgan fingerprint density at radius 1 is 1.23 bits per heavy atom. The van der Waals surface area contributed by atoms with Crippen LogP contribution in [0, 0.1) is 11.8 Å². The van der Waals surface area contributed by atoms with Crippen LogP contribution in [0.15, 0.2) is 42.1 Å². The molecule has 0 radical (unpaired) electrons. The van der Waals surface area contributed by atoms with E-state index in [0.29, 0.717) is 24.1 Å². The van der Waals surface area contributed by atoms with Gasteiger partial charge in [0.05, 0.1) is 5.75 Å². The number of benzene rings is 1. The minimum Gasteiger partial charge on any atom is -0.352 e. The number of rotatable bonds is 7. The molecule has 0 aliphatic heterocycles. The fourth-order valence-electron chi connectivity index (χ4n) is 4.19. The zero-order valence-electron chi connectivity index (χ0n) is 19.5. The smallest absolute Gasteiger partial charge is 0.230 e. The van der Waals surface area contributed by atoms with Crippen molar-refractivity contribution in [1.82, 2.24) is 20.1 Å². The molecule has 1 aliphatic carbocycles. The summed E-state index contributed by atoms with van der Waals surface area (Å²) in [5.74, 6) is 2.40. The molecule has 2 aromatic rings. The summed E-state index contributed by atoms with van der Waals surface area (Å²) in [7, 11) is 0. The summed E-state index contributed by atoms with van der Waals surface area (Å²) >= 11 is 1.44. The van der Waals surface area contributed by atoms with Crippen molar-refractivity contribution >= 4 is 17.7 Å². The molecule has 0 bridgehead atoms. The normalized spacial score (nSPS) is 21.6. The fraction of sp³-hybridized carbons (Fsp3) is 0.560. The van der Waals surface area contributed by atoms with Gasteiger partial charge in [0.1, 0.15) is 0 Å². The summed E-state index contributed by atoms with van der Waals surface area (Å²) in [5.41, 5.74) is 2.40. The minimum absolute atomic E-state index is 0.0696. The van der Waals surface area contributed by atoms with Gasteiger partial charge < -0.3 is 5.32 Å². The van der Waals surface area contributed by atoms with Gasteiger partial charge in [-0.1, -0.05) is 89.6 Å². The van der Waals surface area contributed by atoms with E-state index >= 15 is 0 Å². The SMILES string of the molecule is C=CCn1c(SCC(=O)NC2CCCC(C)C2C)nnc1-c1ccc(C(C)(C)C)cc1. The lowest BCUT2D eigenvalue weighted by atomic mass is 9.78. The molecular formula is C25H36N4OS. The first kappa shape index (κ1) is 23.6. The number of carbonyl (C=O) groups excluding carboxylic acids is 1. The Morgan fingerprint density at radius 3 is 2.58 bits per heavy atom. The maximum absolute atomic E-state index is 12.6. The van der Waals surface area contributed by atoms with Gasteiger partial charge in [0.2, 0.25) is 5.91 Å². The van der Waals surface area contributed by atoms with Gasteiger partial charge in [-0.15, -0.1) is 16.8 Å². The zero-order chi connectivity index (χ0) is 22.6. The first-order valence-corrected chi connectivity index (χ1v) is 12.3. The quantitative estimate of drug-likeness (QED) is 0.459. The lowest BCUT2D eigenvalue weighted by Gasteiger charge is -2.34. The Kier molecular flexibility index (Phi) is 7.63. The van der Waals surface area contributed by atoms with Crippen LogP contribution in [0.2, 0.25) is 0 Å². The first-order valence-electron chi connectivity index (χ1n) is 11.3. The fourth-order valence-corrected chi connectivity index (χ4v) is 4.95. The third-order valence-corrected chi connectivity index (χ3v) is 7.39. The molecule has 31 heavy (non-hydrogen) atoms. The van der Waals surface area contributed by atoms with E-state index in [2.05, 4.69) is 81.0 Å². The van der Waals surface area contributed by atoms with Gasteiger partial charge in [0.15, 0.2) is 11.0 Å². The van der Waals surface area contributed by atoms with Crippen LogP contribution in [0.25, 0.3) is 11.4 Å². The highest BCUT2D eigenvalue weighted by molar-refractivity contribution is 7.99. The molecule has 3 atom stereocenters. The topological polar surface area (TPSA) is 59.8 Å². The third kappa shape index (κ3) is 5.79. The molecule has 1 aromatic heterocycles. The van der Waals surface area contributed by atoms with E-state index < -0.39 is 0 Å². The average molecular weight is 441 g/mol. The molecule has 3 rings (SSSR count). The molecule has 0 saturated heterocycles. The van der Waals surface area contributed by atoms with E-state index in [1.165, 1.54) is 30.2 Å². The molecule has 3 unspecified atom stereocenters. The van der Waals surface area contributed by atoms with Crippen molar-refractivity contribution in [3.05, 3.63) is 42.5 Å². The summed E-state index contributed by atoms with van der Waals surface area (Å²) in [6.45, 7) is 15.6. The molecule has 1 heterocycles. The van der Waals surface area contributed by atoms with Crippen molar-refractivity contribution in [1.29, 1.82) is 0 Å². The Balaban J connectivity index is 1.69. The van der Waals surface area contributed by atoms with Crippen molar-refractivity contribution in [2.24, 2.45) is 11.8 Å². The highest BCUT2D eigenvalue weighted by atomic mass is 32.2. The van der Waals surface area contributed by atoms with Crippen molar-refractivity contribution in [3.8, 4) is 11.4 Å². The molecule has 1 saturated carbocycles. The number of aromatic nitrogens is 3. The van der Waals surface area contributed by atoms with Crippen molar-refractivity contribution in [2.45, 2.75) is 77.0 Å². The summed E-state index contributed by atoms with van der Waals surface area (Å²) < 4.78 is 2.03. The second-order valence-corrected chi connectivity index (χ2v) is 10.7. The Bertz CT molecular complexity index is 897. The number of thioether (sulfide) groups is 1. The molecule has 1 fully saturated rings. The number of carbonyl (C=O) groups is 1. The summed E-state index contributed by atoms with van der Waals surface area (Å²) in [5, 5.41) is 12.8. The summed E-state index contributed by atoms with van der Waals surface area (Å²) in [6.07, 6.45) is 5.36. The molecule has 0 spiro atoms. The lowest BCUT2D eigenvalue weighted by Crippen LogP contribution is -2.44. The van der Waals surface area contributed by atoms with E-state index in [-0.39, 0.29) is 17.4 Å². The molecule has 1 aromatic carbocycles. The zero-order valence-corrected chi connectivity index (χ0v) is 20.3. The van der Waals surface area contributed by atoms with Crippen LogP contribution in [-0.4, -0.2) is 32.5 Å². The monoisotopic (exact) mass is 440 g/mol. The summed E-state index contributed by atoms with van der Waals surface area (Å²) in [4.78, 5) is 12.6. The van der Waals surface area contributed by atoms with Gasteiger partial charge in [0.25, 0.3) is 0 Å². The second kappa shape index (κ2) is 10.0. The van der Waals surface area contributed by atoms with Crippen molar-refractivity contribution in [2.75, 3.05) is 5.75 Å². The van der Waals surface area contributed by atoms with Gasteiger partial charge in [-0.2, -0.15) is 0 Å². The van der Waals surface area contributed by atoms with Crippen molar-refractivity contribution in [3.63, 3.8) is 0 Å². The molecular weight excluding hydrogens is 404 g/mol. The van der Waals surface area contributed by atoms with Gasteiger partial charge in [0, 0.05) is 18.2 Å². The maximum atomic E-state index is 12.6. The van der Waals surface area contributed by atoms with Crippen LogP contribution < -0.4 is 5.32 Å². The van der Waals surface area contributed by atoms with Crippen LogP contribution >= 0.6 is 11.8 Å². The Labute approximate surface area is 191 Å². The number of hydrogen-bond acceptors (Lipinski definition) is 4. The number of nitrogens with zero attached hydrogens (tertiary/aromatic N) is 3. The first-order chi connectivity index (χ1) is 14.7. The number of nitrogens with one attached hydrogen (secondary N) is 1. The van der Waals surface area contributed by atoms with Gasteiger partial charge in [-0.25, -0.2) is 0 Å². The number of amides is 1. The molecule has 1 amide bonds. The third-order valence-electron chi connectivity index (χ3n) is 6.42. The van der Waals surface area contributed by atoms with Crippen LogP contribution in [0.3, 0.4) is 0 Å². The van der Waals surface area contributed by atoms with E-state index in [1.54, 1.807) is 0 Å². The standard InChI is InChI=1S/C25H36N4OS/c1-7-15-29-23(19-11-13-20(14-12-19)25(4,5)6)27-28-24(29)31-16-22(30)26-21-10-8-9-17(2)18(21)3/h7,11-14,17-18,21H,1,8-10,15-16H2,2-6H3,(H,26,30). The molecule has 1 N–H and O–H groups in total. The van der Waals surface area contributed by atoms with E-state index in [9.17, 15) is 4.79 Å². The van der Waals surface area contributed by atoms with Crippen LogP contribution in [0.1, 0.15) is 59.4 Å². The van der Waals surface area contributed by atoms with Crippen LogP contribution in [0.5, 0.6) is 0 Å². The lowest BCUT2D eigenvalue weighted by molar-refractivity contribution is -0.120. The van der Waals surface area contributed by atoms with Gasteiger partial charge in [-0.05, 0) is 29.2 Å². The largest absolute Gasteiger partial charge is 0.352 e. The molecule has 6 heteroatoms. The highest BCUT2D eigenvalue weighted by Crippen LogP contribution is 2.30. The maximum Gasteiger partial charge on any atom is 0.230 e. The number of allylic oxidation sites excluding steroid dienone is 1. The Hall–Kier alpha value is -2.08. The van der Waals surface area contributed by atoms with E-state index in [1.807, 2.05) is 10.6 Å². The predicted molar refractivity (Wildman–Crippen MR) is 129 cm³/mol. The molecule has 168 valence electrons.